The molecule has 0 aliphatic heterocycles. The molecule has 0 saturated carbocycles. The molecule has 0 heterocycles. The van der Waals surface area contributed by atoms with Gasteiger partial charge in [0, 0.05) is 0 Å². The second-order valence-electron chi connectivity index (χ2n) is 4.77. The Morgan fingerprint density at radius 1 is 1.05 bits per heavy atom. The summed E-state index contributed by atoms with van der Waals surface area (Å²) in [6.07, 6.45) is -3.95. The minimum Gasteiger partial charge on any atom is -0.406 e. The van der Waals surface area contributed by atoms with Crippen LogP contribution in [0.1, 0.15) is 11.1 Å². The zero-order valence-electron chi connectivity index (χ0n) is 11.6. The van der Waals surface area contributed by atoms with Gasteiger partial charge in [-0.15, -0.1) is 13.2 Å². The van der Waals surface area contributed by atoms with E-state index in [1.165, 1.54) is 12.1 Å². The molecule has 0 unspecified atom stereocenters. The summed E-state index contributed by atoms with van der Waals surface area (Å²) in [5.74, 6) is -0.223. The Morgan fingerprint density at radius 3 is 2.29 bits per heavy atom. The Morgan fingerprint density at radius 2 is 1.71 bits per heavy atom. The minimum absolute atomic E-state index is 0.223. The number of aryl methyl sites for hydroxylation is 1. The van der Waals surface area contributed by atoms with Crippen molar-refractivity contribution in [3.05, 3.63) is 53.6 Å². The molecular weight excluding hydrogens is 279 g/mol. The molecule has 2 nitrogen and oxygen atoms in total. The maximum atomic E-state index is 12.1. The summed E-state index contributed by atoms with van der Waals surface area (Å²) in [6.45, 7) is 2.49. The van der Waals surface area contributed by atoms with Gasteiger partial charge in [0.25, 0.3) is 0 Å². The van der Waals surface area contributed by atoms with Crippen LogP contribution in [-0.4, -0.2) is 12.9 Å². The number of halogens is 3. The van der Waals surface area contributed by atoms with Crippen LogP contribution in [-0.2, 0) is 6.42 Å². The zero-order chi connectivity index (χ0) is 15.5. The van der Waals surface area contributed by atoms with Crippen molar-refractivity contribution in [1.82, 2.24) is 0 Å². The summed E-state index contributed by atoms with van der Waals surface area (Å²) in [6, 6.07) is 11.9. The molecule has 0 amide bonds. The van der Waals surface area contributed by atoms with E-state index in [-0.39, 0.29) is 5.75 Å². The Labute approximate surface area is 121 Å². The van der Waals surface area contributed by atoms with Crippen LogP contribution in [0.3, 0.4) is 0 Å². The van der Waals surface area contributed by atoms with Gasteiger partial charge in [0.15, 0.2) is 0 Å². The second-order valence-corrected chi connectivity index (χ2v) is 4.77. The van der Waals surface area contributed by atoms with Crippen molar-refractivity contribution < 1.29 is 17.9 Å². The molecule has 2 aromatic rings. The van der Waals surface area contributed by atoms with Crippen molar-refractivity contribution >= 4 is 0 Å². The molecule has 0 spiro atoms. The molecule has 0 bridgehead atoms. The Bertz CT molecular complexity index is 606. The van der Waals surface area contributed by atoms with Crippen LogP contribution in [0.15, 0.2) is 42.5 Å². The number of alkyl halides is 3. The van der Waals surface area contributed by atoms with Crippen LogP contribution in [0.25, 0.3) is 11.1 Å². The molecule has 112 valence electrons. The highest BCUT2D eigenvalue weighted by Crippen LogP contribution is 2.29. The smallest absolute Gasteiger partial charge is 0.406 e. The lowest BCUT2D eigenvalue weighted by atomic mass is 9.96. The zero-order valence-corrected chi connectivity index (χ0v) is 11.6. The first-order valence-electron chi connectivity index (χ1n) is 6.55. The summed E-state index contributed by atoms with van der Waals surface area (Å²) in [4.78, 5) is 0. The van der Waals surface area contributed by atoms with Crippen LogP contribution in [0.4, 0.5) is 13.2 Å². The highest BCUT2D eigenvalue weighted by atomic mass is 19.4. The van der Waals surface area contributed by atoms with E-state index in [1.807, 2.05) is 25.1 Å². The van der Waals surface area contributed by atoms with Gasteiger partial charge < -0.3 is 10.5 Å². The molecule has 2 N–H and O–H groups in total. The molecule has 0 aromatic heterocycles. The molecule has 2 rings (SSSR count). The predicted molar refractivity (Wildman–Crippen MR) is 76.1 cm³/mol. The average Bonchev–Trinajstić information content (AvgIpc) is 2.40. The monoisotopic (exact) mass is 295 g/mol. The highest BCUT2D eigenvalue weighted by molar-refractivity contribution is 5.68. The molecule has 21 heavy (non-hydrogen) atoms. The van der Waals surface area contributed by atoms with Gasteiger partial charge in [0.1, 0.15) is 5.75 Å². The van der Waals surface area contributed by atoms with E-state index in [4.69, 9.17) is 5.73 Å². The lowest BCUT2D eigenvalue weighted by Crippen LogP contribution is -2.16. The third-order valence-electron chi connectivity index (χ3n) is 3.08. The summed E-state index contributed by atoms with van der Waals surface area (Å²) >= 11 is 0. The molecule has 0 aliphatic carbocycles. The van der Waals surface area contributed by atoms with E-state index in [1.54, 1.807) is 12.1 Å². The molecule has 0 radical (unpaired) electrons. The lowest BCUT2D eigenvalue weighted by molar-refractivity contribution is -0.274. The predicted octanol–water partition coefficient (Wildman–Crippen LogP) is 4.06. The van der Waals surface area contributed by atoms with Crippen LogP contribution >= 0.6 is 0 Å². The van der Waals surface area contributed by atoms with Crippen molar-refractivity contribution in [3.63, 3.8) is 0 Å². The third-order valence-corrected chi connectivity index (χ3v) is 3.08. The Hall–Kier alpha value is -2.01. The fourth-order valence-electron chi connectivity index (χ4n) is 2.17. The van der Waals surface area contributed by atoms with Gasteiger partial charge in [-0.2, -0.15) is 0 Å². The number of benzene rings is 2. The van der Waals surface area contributed by atoms with Gasteiger partial charge in [-0.05, 0) is 48.7 Å². The minimum atomic E-state index is -4.67. The summed E-state index contributed by atoms with van der Waals surface area (Å²) in [7, 11) is 0. The van der Waals surface area contributed by atoms with Gasteiger partial charge in [0.05, 0.1) is 0 Å². The molecule has 0 atom stereocenters. The topological polar surface area (TPSA) is 35.2 Å². The molecular formula is C16H16F3NO. The van der Waals surface area contributed by atoms with Gasteiger partial charge >= 0.3 is 6.36 Å². The van der Waals surface area contributed by atoms with Crippen LogP contribution in [0.2, 0.25) is 0 Å². The van der Waals surface area contributed by atoms with E-state index in [0.717, 1.165) is 28.7 Å². The van der Waals surface area contributed by atoms with E-state index in [0.29, 0.717) is 6.54 Å². The third kappa shape index (κ3) is 4.23. The van der Waals surface area contributed by atoms with Crippen molar-refractivity contribution in [2.45, 2.75) is 19.7 Å². The Balaban J connectivity index is 2.32. The van der Waals surface area contributed by atoms with E-state index in [9.17, 15) is 13.2 Å². The second kappa shape index (κ2) is 6.18. The molecule has 5 heteroatoms. The molecule has 0 fully saturated rings. The average molecular weight is 295 g/mol. The SMILES string of the molecule is Cc1ccc(CCN)c(-c2ccc(OC(F)(F)F)cc2)c1. The highest BCUT2D eigenvalue weighted by Gasteiger charge is 2.30. The lowest BCUT2D eigenvalue weighted by Gasteiger charge is -2.12. The number of hydrogen-bond donors (Lipinski definition) is 1. The van der Waals surface area contributed by atoms with Crippen molar-refractivity contribution in [2.24, 2.45) is 5.73 Å². The fraction of sp³-hybridized carbons (Fsp3) is 0.250. The van der Waals surface area contributed by atoms with Crippen LogP contribution in [0.5, 0.6) is 5.75 Å². The van der Waals surface area contributed by atoms with Crippen molar-refractivity contribution in [1.29, 1.82) is 0 Å². The number of hydrogen-bond acceptors (Lipinski definition) is 2. The maximum absolute atomic E-state index is 12.1. The fourth-order valence-corrected chi connectivity index (χ4v) is 2.17. The quantitative estimate of drug-likeness (QED) is 0.923. The van der Waals surface area contributed by atoms with Crippen molar-refractivity contribution in [2.75, 3.05) is 6.54 Å². The summed E-state index contributed by atoms with van der Waals surface area (Å²) < 4.78 is 40.3. The van der Waals surface area contributed by atoms with E-state index < -0.39 is 6.36 Å². The van der Waals surface area contributed by atoms with E-state index in [2.05, 4.69) is 4.74 Å². The Kier molecular flexibility index (Phi) is 4.53. The van der Waals surface area contributed by atoms with Gasteiger partial charge in [-0.25, -0.2) is 0 Å². The summed E-state index contributed by atoms with van der Waals surface area (Å²) in [5, 5.41) is 0. The number of rotatable bonds is 4. The molecule has 0 aliphatic rings. The first-order valence-corrected chi connectivity index (χ1v) is 6.55. The first kappa shape index (κ1) is 15.4. The molecule has 2 aromatic carbocycles. The van der Waals surface area contributed by atoms with Gasteiger partial charge in [0.2, 0.25) is 0 Å². The standard InChI is InChI=1S/C16H16F3NO/c1-11-2-3-13(8-9-20)15(10-11)12-4-6-14(7-5-12)21-16(17,18)19/h2-7,10H,8-9,20H2,1H3. The molecule has 0 saturated heterocycles. The van der Waals surface area contributed by atoms with Crippen LogP contribution < -0.4 is 10.5 Å². The van der Waals surface area contributed by atoms with Crippen molar-refractivity contribution in [3.8, 4) is 16.9 Å². The number of ether oxygens (including phenoxy) is 1. The summed E-state index contributed by atoms with van der Waals surface area (Å²) in [5.41, 5.74) is 9.58. The number of nitrogens with two attached hydrogens (primary N) is 1. The van der Waals surface area contributed by atoms with Crippen LogP contribution in [0, 0.1) is 6.92 Å². The maximum Gasteiger partial charge on any atom is 0.573 e. The largest absolute Gasteiger partial charge is 0.573 e. The van der Waals surface area contributed by atoms with E-state index >= 15 is 0 Å². The first-order chi connectivity index (χ1) is 9.89. The van der Waals surface area contributed by atoms with Gasteiger partial charge in [-0.1, -0.05) is 35.9 Å². The van der Waals surface area contributed by atoms with Gasteiger partial charge in [-0.3, -0.25) is 0 Å². The normalized spacial score (nSPS) is 11.5.